The molecule has 2 aliphatic heterocycles. The topological polar surface area (TPSA) is 73.2 Å². The van der Waals surface area contributed by atoms with Crippen molar-refractivity contribution >= 4 is 17.6 Å². The molecule has 0 amide bonds. The van der Waals surface area contributed by atoms with Crippen LogP contribution < -0.4 is 4.74 Å². The summed E-state index contributed by atoms with van der Waals surface area (Å²) in [7, 11) is 0. The third-order valence-electron chi connectivity index (χ3n) is 7.20. The molecule has 4 rings (SSSR count). The third kappa shape index (κ3) is 6.72. The highest BCUT2D eigenvalue weighted by Gasteiger charge is 2.31. The molecule has 6 nitrogen and oxygen atoms in total. The highest BCUT2D eigenvalue weighted by atomic mass is 35.5. The largest absolute Gasteiger partial charge is 0.490 e. The van der Waals surface area contributed by atoms with Gasteiger partial charge in [-0.2, -0.15) is 0 Å². The van der Waals surface area contributed by atoms with Gasteiger partial charge in [-0.3, -0.25) is 9.69 Å². The number of hydrogen-bond donors (Lipinski definition) is 2. The van der Waals surface area contributed by atoms with Crippen molar-refractivity contribution < 1.29 is 19.7 Å². The Morgan fingerprint density at radius 2 is 1.74 bits per heavy atom. The number of nitrogens with zero attached hydrogens (tertiary/aromatic N) is 2. The first-order valence-corrected chi connectivity index (χ1v) is 12.7. The number of halogens is 1. The summed E-state index contributed by atoms with van der Waals surface area (Å²) in [5.74, 6) is 0.651. The molecule has 7 heteroatoms. The van der Waals surface area contributed by atoms with E-state index in [0.29, 0.717) is 22.9 Å². The van der Waals surface area contributed by atoms with E-state index in [1.807, 2.05) is 42.5 Å². The van der Waals surface area contributed by atoms with E-state index in [4.69, 9.17) is 16.3 Å². The summed E-state index contributed by atoms with van der Waals surface area (Å²) in [5, 5.41) is 19.6. The fourth-order valence-corrected chi connectivity index (χ4v) is 5.38. The molecule has 0 spiro atoms. The zero-order valence-corrected chi connectivity index (χ0v) is 20.4. The Balaban J connectivity index is 1.20. The number of carbonyl (C=O) groups is 1. The number of aliphatic hydroxyl groups is 1. The van der Waals surface area contributed by atoms with Crippen molar-refractivity contribution in [2.45, 2.75) is 50.9 Å². The minimum atomic E-state index is -0.725. The van der Waals surface area contributed by atoms with Crippen LogP contribution in [0.25, 0.3) is 0 Å². The van der Waals surface area contributed by atoms with Crippen LogP contribution in [0, 0.1) is 5.92 Å². The molecule has 0 unspecified atom stereocenters. The van der Waals surface area contributed by atoms with Crippen molar-refractivity contribution in [3.8, 4) is 5.75 Å². The second-order valence-corrected chi connectivity index (χ2v) is 9.96. The van der Waals surface area contributed by atoms with Gasteiger partial charge in [0.2, 0.25) is 0 Å². The smallest absolute Gasteiger partial charge is 0.321 e. The molecule has 2 aromatic rings. The molecule has 2 aliphatic rings. The Bertz CT molecular complexity index is 925. The quantitative estimate of drug-likeness (QED) is 0.556. The molecule has 0 bridgehead atoms. The number of benzene rings is 2. The number of piperidine rings is 2. The highest BCUT2D eigenvalue weighted by Crippen LogP contribution is 2.27. The Kier molecular flexibility index (Phi) is 8.84. The summed E-state index contributed by atoms with van der Waals surface area (Å²) in [5.41, 5.74) is 1.79. The van der Waals surface area contributed by atoms with E-state index >= 15 is 0 Å². The monoisotopic (exact) mass is 486 g/mol. The molecule has 0 aliphatic carbocycles. The predicted octanol–water partition coefficient (Wildman–Crippen LogP) is 4.08. The molecule has 2 fully saturated rings. The van der Waals surface area contributed by atoms with E-state index in [1.54, 1.807) is 6.07 Å². The van der Waals surface area contributed by atoms with E-state index in [1.165, 1.54) is 0 Å². The second-order valence-electron chi connectivity index (χ2n) is 9.55. The Hall–Kier alpha value is -2.12. The van der Waals surface area contributed by atoms with Crippen molar-refractivity contribution in [3.63, 3.8) is 0 Å². The first kappa shape index (κ1) is 25.0. The lowest BCUT2D eigenvalue weighted by molar-refractivity contribution is -0.144. The second kappa shape index (κ2) is 12.0. The van der Waals surface area contributed by atoms with Crippen molar-refractivity contribution in [2.24, 2.45) is 5.92 Å². The lowest BCUT2D eigenvalue weighted by Gasteiger charge is -2.39. The zero-order valence-electron chi connectivity index (χ0n) is 19.6. The van der Waals surface area contributed by atoms with Crippen LogP contribution in [-0.2, 0) is 17.8 Å². The number of carboxylic acid groups (broad SMARTS) is 1. The van der Waals surface area contributed by atoms with E-state index in [2.05, 4.69) is 9.80 Å². The maximum Gasteiger partial charge on any atom is 0.321 e. The number of aliphatic hydroxyl groups excluding tert-OH is 1. The molecule has 2 saturated heterocycles. The summed E-state index contributed by atoms with van der Waals surface area (Å²) < 4.78 is 6.13. The van der Waals surface area contributed by atoms with Crippen LogP contribution >= 0.6 is 11.6 Å². The van der Waals surface area contributed by atoms with Crippen LogP contribution in [0.15, 0.2) is 48.5 Å². The van der Waals surface area contributed by atoms with Crippen LogP contribution in [0.2, 0.25) is 5.02 Å². The number of rotatable bonds is 9. The molecule has 0 radical (unpaired) electrons. The molecule has 2 N–H and O–H groups in total. The molecular formula is C27H35ClN2O4. The van der Waals surface area contributed by atoms with Crippen LogP contribution in [0.4, 0.5) is 0 Å². The molecule has 34 heavy (non-hydrogen) atoms. The third-order valence-corrected chi connectivity index (χ3v) is 7.55. The fourth-order valence-electron chi connectivity index (χ4n) is 5.15. The number of ether oxygens (including phenoxy) is 1. The Morgan fingerprint density at radius 1 is 1.03 bits per heavy atom. The summed E-state index contributed by atoms with van der Waals surface area (Å²) in [6.07, 6.45) is 4.80. The number of hydrogen-bond acceptors (Lipinski definition) is 5. The fraction of sp³-hybridized carbons (Fsp3) is 0.519. The van der Waals surface area contributed by atoms with Gasteiger partial charge in [0.25, 0.3) is 0 Å². The van der Waals surface area contributed by atoms with Gasteiger partial charge in [0.05, 0.1) is 6.61 Å². The summed E-state index contributed by atoms with van der Waals surface area (Å²) in [4.78, 5) is 16.6. The molecule has 1 atom stereocenters. The van der Waals surface area contributed by atoms with E-state index in [9.17, 15) is 15.0 Å². The summed E-state index contributed by atoms with van der Waals surface area (Å²) in [6.45, 7) is 4.73. The van der Waals surface area contributed by atoms with E-state index < -0.39 is 12.0 Å². The van der Waals surface area contributed by atoms with Crippen molar-refractivity contribution in [2.75, 3.05) is 32.7 Å². The minimum absolute atomic E-state index is 0.0690. The van der Waals surface area contributed by atoms with Crippen LogP contribution in [0.1, 0.15) is 36.8 Å². The average Bonchev–Trinajstić information content (AvgIpc) is 2.85. The van der Waals surface area contributed by atoms with Crippen molar-refractivity contribution in [1.29, 1.82) is 0 Å². The van der Waals surface area contributed by atoms with E-state index in [-0.39, 0.29) is 12.7 Å². The van der Waals surface area contributed by atoms with Gasteiger partial charge in [0, 0.05) is 24.7 Å². The number of carboxylic acids is 1. The number of likely N-dealkylation sites (tertiary alicyclic amines) is 2. The summed E-state index contributed by atoms with van der Waals surface area (Å²) >= 11 is 6.18. The average molecular weight is 487 g/mol. The standard InChI is InChI=1S/C27H35ClN2O4/c28-25-17-24(7-6-22(25)19-31)34-23-10-12-29(13-11-23)18-21-8-14-30(15-9-21)26(27(32)33)16-20-4-2-1-3-5-20/h1-7,17,21,23,26,31H,8-16,18-19H2,(H,32,33)/t26-/m0/s1. The zero-order chi connectivity index (χ0) is 23.9. The van der Waals surface area contributed by atoms with Gasteiger partial charge in [-0.15, -0.1) is 0 Å². The van der Waals surface area contributed by atoms with Gasteiger partial charge in [-0.05, 0) is 74.4 Å². The van der Waals surface area contributed by atoms with Crippen LogP contribution in [0.3, 0.4) is 0 Å². The molecule has 2 heterocycles. The first-order chi connectivity index (χ1) is 16.5. The highest BCUT2D eigenvalue weighted by molar-refractivity contribution is 6.31. The van der Waals surface area contributed by atoms with Crippen LogP contribution in [-0.4, -0.2) is 70.9 Å². The van der Waals surface area contributed by atoms with Gasteiger partial charge < -0.3 is 19.8 Å². The Morgan fingerprint density at radius 3 is 2.35 bits per heavy atom. The molecule has 0 aromatic heterocycles. The van der Waals surface area contributed by atoms with Gasteiger partial charge in [0.1, 0.15) is 17.9 Å². The van der Waals surface area contributed by atoms with Crippen molar-refractivity contribution in [1.82, 2.24) is 9.80 Å². The maximum absolute atomic E-state index is 11.9. The lowest BCUT2D eigenvalue weighted by Crippen LogP contribution is -2.48. The van der Waals surface area contributed by atoms with E-state index in [0.717, 1.165) is 69.7 Å². The summed E-state index contributed by atoms with van der Waals surface area (Å²) in [6, 6.07) is 14.9. The Labute approximate surface area is 207 Å². The molecule has 2 aromatic carbocycles. The molecule has 0 saturated carbocycles. The lowest BCUT2D eigenvalue weighted by atomic mass is 9.93. The van der Waals surface area contributed by atoms with Crippen LogP contribution in [0.5, 0.6) is 5.75 Å². The van der Waals surface area contributed by atoms with Gasteiger partial charge in [-0.1, -0.05) is 48.0 Å². The minimum Gasteiger partial charge on any atom is -0.490 e. The molecule has 184 valence electrons. The normalized spacial score (nSPS) is 19.7. The van der Waals surface area contributed by atoms with Crippen molar-refractivity contribution in [3.05, 3.63) is 64.7 Å². The predicted molar refractivity (Wildman–Crippen MR) is 133 cm³/mol. The molecular weight excluding hydrogens is 452 g/mol. The first-order valence-electron chi connectivity index (χ1n) is 12.3. The SMILES string of the molecule is O=C(O)[C@H](Cc1ccccc1)N1CCC(CN2CCC(Oc3ccc(CO)c(Cl)c3)CC2)CC1. The number of aliphatic carboxylic acids is 1. The van der Waals surface area contributed by atoms with Gasteiger partial charge in [-0.25, -0.2) is 0 Å². The van der Waals surface area contributed by atoms with Gasteiger partial charge >= 0.3 is 5.97 Å². The maximum atomic E-state index is 11.9. The van der Waals surface area contributed by atoms with Gasteiger partial charge in [0.15, 0.2) is 0 Å².